The maximum atomic E-state index is 4.48. The van der Waals surface area contributed by atoms with Crippen molar-refractivity contribution in [2.45, 2.75) is 32.6 Å². The van der Waals surface area contributed by atoms with Gasteiger partial charge in [-0.1, -0.05) is 233 Å². The van der Waals surface area contributed by atoms with Crippen molar-refractivity contribution in [2.75, 3.05) is 4.90 Å². The van der Waals surface area contributed by atoms with E-state index in [2.05, 4.69) is 231 Å². The minimum Gasteiger partial charge on any atom is -0.310 e. The molecule has 0 aliphatic carbocycles. The summed E-state index contributed by atoms with van der Waals surface area (Å²) in [4.78, 5) is 3.60. The Morgan fingerprint density at radius 3 is 1.60 bits per heavy atom. The molecular formula is C58H55NS. The van der Waals surface area contributed by atoms with Crippen molar-refractivity contribution in [2.24, 2.45) is 0 Å². The molecular weight excluding hydrogens is 743 g/mol. The molecule has 298 valence electrons. The Morgan fingerprint density at radius 1 is 0.533 bits per heavy atom. The number of rotatable bonds is 13. The highest BCUT2D eigenvalue weighted by atomic mass is 32.2. The van der Waals surface area contributed by atoms with Crippen LogP contribution in [0.25, 0.3) is 39.0 Å². The lowest BCUT2D eigenvalue weighted by molar-refractivity contribution is 1.24. The van der Waals surface area contributed by atoms with E-state index in [1.165, 1.54) is 43.8 Å². The number of anilines is 3. The van der Waals surface area contributed by atoms with Gasteiger partial charge >= 0.3 is 0 Å². The predicted molar refractivity (Wildman–Crippen MR) is 267 cm³/mol. The van der Waals surface area contributed by atoms with Gasteiger partial charge in [-0.25, -0.2) is 0 Å². The summed E-state index contributed by atoms with van der Waals surface area (Å²) in [5.41, 5.74) is 14.9. The van der Waals surface area contributed by atoms with Crippen molar-refractivity contribution < 1.29 is 0 Å². The Kier molecular flexibility index (Phi) is 17.3. The van der Waals surface area contributed by atoms with E-state index in [9.17, 15) is 0 Å². The molecule has 7 aromatic rings. The lowest BCUT2D eigenvalue weighted by atomic mass is 9.96. The number of hydrogen-bond acceptors (Lipinski definition) is 2. The number of para-hydroxylation sites is 1. The molecule has 0 N–H and O–H groups in total. The van der Waals surface area contributed by atoms with Gasteiger partial charge in [0.05, 0.1) is 5.69 Å². The summed E-state index contributed by atoms with van der Waals surface area (Å²) >= 11 is 1.70. The minimum absolute atomic E-state index is 0.967. The molecule has 0 aromatic heterocycles. The summed E-state index contributed by atoms with van der Waals surface area (Å²) in [6, 6.07) is 64.5. The molecule has 0 bridgehead atoms. The zero-order valence-corrected chi connectivity index (χ0v) is 36.2. The summed E-state index contributed by atoms with van der Waals surface area (Å²) < 4.78 is 0. The summed E-state index contributed by atoms with van der Waals surface area (Å²) in [5, 5.41) is 2.10. The zero-order valence-electron chi connectivity index (χ0n) is 35.3. The van der Waals surface area contributed by atoms with Crippen LogP contribution in [0.3, 0.4) is 0 Å². The number of nitrogens with zero attached hydrogens (tertiary/aromatic N) is 1. The molecule has 0 unspecified atom stereocenters. The van der Waals surface area contributed by atoms with Gasteiger partial charge in [-0.3, -0.25) is 0 Å². The SMILES string of the molecule is C=C(/C=C\C=C/Sc1ccccc1)c1cccc(N(c2ccc(-c3ccc(-c4ccccc4)cc3)cc2)c2ccccc2-c2ccccc2)c1C.C=C/C=C(/C)C=C.CC. The van der Waals surface area contributed by atoms with Crippen molar-refractivity contribution in [1.29, 1.82) is 0 Å². The van der Waals surface area contributed by atoms with Crippen LogP contribution in [0.4, 0.5) is 17.1 Å². The predicted octanol–water partition coefficient (Wildman–Crippen LogP) is 17.7. The second-order valence-electron chi connectivity index (χ2n) is 13.7. The first kappa shape index (κ1) is 44.2. The Morgan fingerprint density at radius 2 is 1.03 bits per heavy atom. The highest BCUT2D eigenvalue weighted by Gasteiger charge is 2.20. The largest absolute Gasteiger partial charge is 0.310 e. The molecule has 0 saturated carbocycles. The molecule has 0 aliphatic heterocycles. The Balaban J connectivity index is 0.000000689. The summed E-state index contributed by atoms with van der Waals surface area (Å²) in [6.45, 7) is 19.7. The number of thioether (sulfide) groups is 1. The first-order valence-electron chi connectivity index (χ1n) is 20.4. The highest BCUT2D eigenvalue weighted by Crippen LogP contribution is 2.43. The van der Waals surface area contributed by atoms with Crippen molar-refractivity contribution in [3.8, 4) is 33.4 Å². The third-order valence-corrected chi connectivity index (χ3v) is 10.5. The molecule has 0 spiro atoms. The van der Waals surface area contributed by atoms with Crippen LogP contribution in [-0.2, 0) is 0 Å². The average Bonchev–Trinajstić information content (AvgIpc) is 3.32. The molecule has 0 radical (unpaired) electrons. The van der Waals surface area contributed by atoms with Crippen LogP contribution in [0, 0.1) is 6.92 Å². The molecule has 0 atom stereocenters. The lowest BCUT2D eigenvalue weighted by Gasteiger charge is -2.30. The molecule has 0 fully saturated rings. The minimum atomic E-state index is 0.967. The van der Waals surface area contributed by atoms with E-state index in [0.717, 1.165) is 33.8 Å². The van der Waals surface area contributed by atoms with E-state index >= 15 is 0 Å². The van der Waals surface area contributed by atoms with Crippen molar-refractivity contribution in [3.63, 3.8) is 0 Å². The topological polar surface area (TPSA) is 3.24 Å². The van der Waals surface area contributed by atoms with Gasteiger partial charge in [-0.2, -0.15) is 0 Å². The third-order valence-electron chi connectivity index (χ3n) is 9.71. The number of hydrogen-bond donors (Lipinski definition) is 0. The molecule has 7 aromatic carbocycles. The molecule has 0 amide bonds. The first-order chi connectivity index (χ1) is 29.5. The molecule has 1 nitrogen and oxygen atoms in total. The summed E-state index contributed by atoms with van der Waals surface area (Å²) in [6.07, 6.45) is 11.7. The van der Waals surface area contributed by atoms with Crippen molar-refractivity contribution >= 4 is 34.4 Å². The van der Waals surface area contributed by atoms with E-state index in [4.69, 9.17) is 0 Å². The third kappa shape index (κ3) is 12.1. The van der Waals surface area contributed by atoms with Gasteiger partial charge in [0.1, 0.15) is 0 Å². The zero-order chi connectivity index (χ0) is 42.5. The number of allylic oxidation sites excluding steroid dienone is 8. The van der Waals surface area contributed by atoms with Gasteiger partial charge < -0.3 is 4.90 Å². The monoisotopic (exact) mass is 797 g/mol. The van der Waals surface area contributed by atoms with Crippen LogP contribution >= 0.6 is 11.8 Å². The lowest BCUT2D eigenvalue weighted by Crippen LogP contribution is -2.13. The summed E-state index contributed by atoms with van der Waals surface area (Å²) in [7, 11) is 0. The van der Waals surface area contributed by atoms with E-state index in [1.54, 1.807) is 23.9 Å². The van der Waals surface area contributed by atoms with Gasteiger partial charge in [-0.15, -0.1) is 0 Å². The second-order valence-corrected chi connectivity index (χ2v) is 14.6. The fourth-order valence-electron chi connectivity index (χ4n) is 6.62. The second kappa shape index (κ2) is 23.5. The average molecular weight is 798 g/mol. The standard InChI is InChI=1S/C49H39NS.C7H10.C2H6/c1-37(17-14-15-36-51-45-22-10-5-11-23-45)46-25-16-27-48(38(46)2)50(49-26-13-12-24-47(49)43-20-8-4-9-21-43)44-34-32-42(33-35-44)41-30-28-40(29-31-41)39-18-6-3-7-19-39;1-4-6-7(3)5-2;1-2/h3-36H,1H2,2H3;4-6H,1-2H2,3H3;1-2H3/b17-14-,36-15-;7-6-;. The molecule has 0 heterocycles. The molecule has 60 heavy (non-hydrogen) atoms. The maximum absolute atomic E-state index is 4.48. The van der Waals surface area contributed by atoms with Crippen LogP contribution in [0.5, 0.6) is 0 Å². The van der Waals surface area contributed by atoms with Crippen LogP contribution < -0.4 is 4.90 Å². The Bertz CT molecular complexity index is 2510. The Hall–Kier alpha value is -6.87. The van der Waals surface area contributed by atoms with Crippen LogP contribution in [0.2, 0.25) is 0 Å². The van der Waals surface area contributed by atoms with Gasteiger partial charge in [0.15, 0.2) is 0 Å². The normalized spacial score (nSPS) is 10.9. The fraction of sp³-hybridized carbons (Fsp3) is 0.0690. The quantitative estimate of drug-likeness (QED) is 0.0844. The highest BCUT2D eigenvalue weighted by molar-refractivity contribution is 8.02. The summed E-state index contributed by atoms with van der Waals surface area (Å²) in [5.74, 6) is 0. The van der Waals surface area contributed by atoms with Gasteiger partial charge in [0.2, 0.25) is 0 Å². The molecule has 0 saturated heterocycles. The van der Waals surface area contributed by atoms with Crippen molar-refractivity contribution in [1.82, 2.24) is 0 Å². The van der Waals surface area contributed by atoms with Crippen LogP contribution in [-0.4, -0.2) is 0 Å². The van der Waals surface area contributed by atoms with Crippen LogP contribution in [0.1, 0.15) is 31.9 Å². The van der Waals surface area contributed by atoms with E-state index < -0.39 is 0 Å². The van der Waals surface area contributed by atoms with Gasteiger partial charge in [0, 0.05) is 21.8 Å². The first-order valence-corrected chi connectivity index (χ1v) is 21.3. The smallest absolute Gasteiger partial charge is 0.0540 e. The van der Waals surface area contributed by atoms with Crippen molar-refractivity contribution in [3.05, 3.63) is 260 Å². The maximum Gasteiger partial charge on any atom is 0.0540 e. The van der Waals surface area contributed by atoms with Gasteiger partial charge in [-0.05, 0) is 100 Å². The number of benzene rings is 7. The molecule has 2 heteroatoms. The molecule has 7 rings (SSSR count). The van der Waals surface area contributed by atoms with E-state index in [1.807, 2.05) is 32.9 Å². The fourth-order valence-corrected chi connectivity index (χ4v) is 7.26. The van der Waals surface area contributed by atoms with Gasteiger partial charge in [0.25, 0.3) is 0 Å². The van der Waals surface area contributed by atoms with E-state index in [0.29, 0.717) is 0 Å². The Labute approximate surface area is 363 Å². The van der Waals surface area contributed by atoms with E-state index in [-0.39, 0.29) is 0 Å². The molecule has 0 aliphatic rings. The van der Waals surface area contributed by atoms with Crippen LogP contribution in [0.15, 0.2) is 254 Å².